The molecule has 0 amide bonds. The van der Waals surface area contributed by atoms with E-state index in [0.29, 0.717) is 12.5 Å². The molecule has 0 saturated carbocycles. The van der Waals surface area contributed by atoms with E-state index in [9.17, 15) is 0 Å². The summed E-state index contributed by atoms with van der Waals surface area (Å²) in [5.74, 6) is -0.145. The van der Waals surface area contributed by atoms with Crippen LogP contribution in [-0.2, 0) is 18.6 Å². The highest BCUT2D eigenvalue weighted by atomic mass is 28.4. The molecule has 0 unspecified atom stereocenters. The van der Waals surface area contributed by atoms with Gasteiger partial charge in [0.15, 0.2) is 5.79 Å². The Labute approximate surface area is 243 Å². The third-order valence-corrected chi connectivity index (χ3v) is 13.9. The fraction of sp³-hybridized carbons (Fsp3) is 0.543. The van der Waals surface area contributed by atoms with Crippen LogP contribution >= 0.6 is 0 Å². The van der Waals surface area contributed by atoms with Gasteiger partial charge in [-0.2, -0.15) is 0 Å². The molecule has 2 fully saturated rings. The fourth-order valence-corrected chi connectivity index (χ4v) is 11.3. The average Bonchev–Trinajstić information content (AvgIpc) is 2.92. The number of ether oxygens (including phenoxy) is 3. The van der Waals surface area contributed by atoms with Crippen LogP contribution in [0.3, 0.4) is 0 Å². The van der Waals surface area contributed by atoms with E-state index in [1.165, 1.54) is 10.4 Å². The second-order valence-corrected chi connectivity index (χ2v) is 17.3. The van der Waals surface area contributed by atoms with E-state index in [0.717, 1.165) is 37.7 Å². The van der Waals surface area contributed by atoms with Gasteiger partial charge in [0.25, 0.3) is 8.32 Å². The van der Waals surface area contributed by atoms with Crippen molar-refractivity contribution in [2.75, 3.05) is 6.61 Å². The molecule has 6 atom stereocenters. The summed E-state index contributed by atoms with van der Waals surface area (Å²) in [7, 11) is -2.73. The molecule has 5 heteroatoms. The van der Waals surface area contributed by atoms with Crippen molar-refractivity contribution in [2.24, 2.45) is 5.92 Å². The molecule has 4 rings (SSSR count). The Morgan fingerprint density at radius 1 is 1.05 bits per heavy atom. The highest BCUT2D eigenvalue weighted by Crippen LogP contribution is 2.45. The Morgan fingerprint density at radius 2 is 1.65 bits per heavy atom. The SMILES string of the molecule is C=CCO[C@H](C[C@@H]1C[C@@H](O[Si](c2ccccc2)(c2ccccc2)C(C)(C)C)C[C@]2(CC[C@H](C)[C@@H](C)O2)O1)C(=C)C. The van der Waals surface area contributed by atoms with Gasteiger partial charge in [0.05, 0.1) is 31.0 Å². The standard InChI is InChI=1S/C35H50O4Si/c1-9-22-36-33(26(2)3)24-29-23-30(25-35(38-29)21-20-27(4)28(5)37-35)39-40(34(6,7)8,31-16-12-10-13-17-31)32-18-14-11-15-19-32/h9-19,27-30,33H,1-2,20-25H2,3-8H3/t27-,28+,29-,30+,33+,35-/m0/s1. The number of rotatable bonds is 10. The second kappa shape index (κ2) is 12.9. The largest absolute Gasteiger partial charge is 0.404 e. The van der Waals surface area contributed by atoms with Gasteiger partial charge in [-0.15, -0.1) is 6.58 Å². The van der Waals surface area contributed by atoms with Gasteiger partial charge in [0.1, 0.15) is 0 Å². The normalized spacial score (nSPS) is 28.2. The number of hydrogen-bond acceptors (Lipinski definition) is 4. The summed E-state index contributed by atoms with van der Waals surface area (Å²) in [5, 5.41) is 2.50. The van der Waals surface area contributed by atoms with Gasteiger partial charge in [-0.05, 0) is 48.0 Å². The van der Waals surface area contributed by atoms with Crippen molar-refractivity contribution in [1.29, 1.82) is 0 Å². The quantitative estimate of drug-likeness (QED) is 0.227. The minimum Gasteiger partial charge on any atom is -0.404 e. The van der Waals surface area contributed by atoms with E-state index in [1.807, 2.05) is 6.92 Å². The molecule has 0 aromatic heterocycles. The van der Waals surface area contributed by atoms with Gasteiger partial charge in [-0.1, -0.05) is 107 Å². The zero-order valence-corrected chi connectivity index (χ0v) is 26.5. The third kappa shape index (κ3) is 6.71. The molecule has 4 nitrogen and oxygen atoms in total. The average molecular weight is 563 g/mol. The first-order chi connectivity index (χ1) is 19.0. The molecule has 2 heterocycles. The monoisotopic (exact) mass is 562 g/mol. The zero-order valence-electron chi connectivity index (χ0n) is 25.5. The van der Waals surface area contributed by atoms with Crippen LogP contribution in [0.4, 0.5) is 0 Å². The maximum Gasteiger partial charge on any atom is 0.261 e. The van der Waals surface area contributed by atoms with Crippen LogP contribution in [0, 0.1) is 5.92 Å². The van der Waals surface area contributed by atoms with Gasteiger partial charge >= 0.3 is 0 Å². The molecule has 1 spiro atoms. The van der Waals surface area contributed by atoms with Crippen LogP contribution in [0.1, 0.15) is 73.6 Å². The molecule has 218 valence electrons. The lowest BCUT2D eigenvalue weighted by Crippen LogP contribution is -2.69. The van der Waals surface area contributed by atoms with Gasteiger partial charge in [0, 0.05) is 19.3 Å². The minimum atomic E-state index is -2.73. The Bertz CT molecular complexity index is 1070. The summed E-state index contributed by atoms with van der Waals surface area (Å²) in [6, 6.07) is 21.8. The number of hydrogen-bond donors (Lipinski definition) is 0. The summed E-state index contributed by atoms with van der Waals surface area (Å²) in [5.41, 5.74) is 1.00. The van der Waals surface area contributed by atoms with Gasteiger partial charge < -0.3 is 18.6 Å². The summed E-state index contributed by atoms with van der Waals surface area (Å²) < 4.78 is 27.4. The van der Waals surface area contributed by atoms with E-state index >= 15 is 0 Å². The smallest absolute Gasteiger partial charge is 0.261 e. The Kier molecular flexibility index (Phi) is 9.95. The molecule has 2 saturated heterocycles. The summed E-state index contributed by atoms with van der Waals surface area (Å²) in [4.78, 5) is 0. The summed E-state index contributed by atoms with van der Waals surface area (Å²) >= 11 is 0. The predicted molar refractivity (Wildman–Crippen MR) is 168 cm³/mol. The van der Waals surface area contributed by atoms with E-state index in [1.54, 1.807) is 6.08 Å². The molecule has 2 aromatic rings. The highest BCUT2D eigenvalue weighted by Gasteiger charge is 2.54. The highest BCUT2D eigenvalue weighted by molar-refractivity contribution is 6.99. The van der Waals surface area contributed by atoms with Crippen molar-refractivity contribution in [3.8, 4) is 0 Å². The molecule has 0 aliphatic carbocycles. The second-order valence-electron chi connectivity index (χ2n) is 13.0. The van der Waals surface area contributed by atoms with Gasteiger partial charge in [0.2, 0.25) is 0 Å². The first kappa shape index (κ1) is 30.9. The van der Waals surface area contributed by atoms with Crippen LogP contribution in [-0.4, -0.2) is 45.1 Å². The van der Waals surface area contributed by atoms with Crippen molar-refractivity contribution in [1.82, 2.24) is 0 Å². The predicted octanol–water partition coefficient (Wildman–Crippen LogP) is 7.18. The lowest BCUT2D eigenvalue weighted by molar-refractivity contribution is -0.333. The topological polar surface area (TPSA) is 36.9 Å². The summed E-state index contributed by atoms with van der Waals surface area (Å²) in [6.07, 6.45) is 5.94. The van der Waals surface area contributed by atoms with E-state index in [4.69, 9.17) is 18.6 Å². The van der Waals surface area contributed by atoms with Crippen LogP contribution in [0.5, 0.6) is 0 Å². The zero-order chi connectivity index (χ0) is 29.0. The Balaban J connectivity index is 1.75. The van der Waals surface area contributed by atoms with Crippen LogP contribution in [0.15, 0.2) is 85.5 Å². The van der Waals surface area contributed by atoms with E-state index < -0.39 is 14.1 Å². The Morgan fingerprint density at radius 3 is 2.15 bits per heavy atom. The Hall–Kier alpha value is -2.02. The number of benzene rings is 2. The van der Waals surface area contributed by atoms with E-state index in [2.05, 4.69) is 108 Å². The summed E-state index contributed by atoms with van der Waals surface area (Å²) in [6.45, 7) is 22.0. The maximum atomic E-state index is 7.66. The third-order valence-electron chi connectivity index (χ3n) is 8.83. The first-order valence-electron chi connectivity index (χ1n) is 15.0. The molecular formula is C35H50O4Si. The molecule has 2 aliphatic rings. The first-order valence-corrected chi connectivity index (χ1v) is 16.9. The molecule has 40 heavy (non-hydrogen) atoms. The molecule has 0 bridgehead atoms. The van der Waals surface area contributed by atoms with Crippen LogP contribution in [0.2, 0.25) is 5.04 Å². The van der Waals surface area contributed by atoms with Crippen LogP contribution < -0.4 is 10.4 Å². The molecule has 0 N–H and O–H groups in total. The lowest BCUT2D eigenvalue weighted by atomic mass is 9.86. The fourth-order valence-electron chi connectivity index (χ4n) is 6.57. The van der Waals surface area contributed by atoms with Crippen molar-refractivity contribution in [3.63, 3.8) is 0 Å². The van der Waals surface area contributed by atoms with Crippen molar-refractivity contribution in [3.05, 3.63) is 85.5 Å². The molecular weight excluding hydrogens is 512 g/mol. The van der Waals surface area contributed by atoms with Crippen molar-refractivity contribution >= 4 is 18.7 Å². The van der Waals surface area contributed by atoms with Gasteiger partial charge in [-0.25, -0.2) is 0 Å². The minimum absolute atomic E-state index is 0.0177. The molecule has 0 radical (unpaired) electrons. The van der Waals surface area contributed by atoms with Crippen LogP contribution in [0.25, 0.3) is 0 Å². The van der Waals surface area contributed by atoms with Crippen molar-refractivity contribution < 1.29 is 18.6 Å². The maximum absolute atomic E-state index is 7.66. The van der Waals surface area contributed by atoms with Gasteiger partial charge in [-0.3, -0.25) is 0 Å². The lowest BCUT2D eigenvalue weighted by Gasteiger charge is -2.52. The molecule has 2 aromatic carbocycles. The molecule has 2 aliphatic heterocycles. The van der Waals surface area contributed by atoms with E-state index in [-0.39, 0.29) is 29.5 Å². The van der Waals surface area contributed by atoms with Crippen molar-refractivity contribution in [2.45, 2.75) is 109 Å².